The van der Waals surface area contributed by atoms with Crippen molar-refractivity contribution in [2.45, 2.75) is 25.9 Å². The monoisotopic (exact) mass is 269 g/mol. The van der Waals surface area contributed by atoms with Crippen LogP contribution in [0, 0.1) is 0 Å². The molecule has 0 saturated carbocycles. The largest absolute Gasteiger partial charge is 0.273 e. The van der Waals surface area contributed by atoms with Crippen molar-refractivity contribution in [3.8, 4) is 0 Å². The number of hydroxylamine groups is 1. The standard InChI is InChI=1S/C17H19NO2/c1-14(16-10-6-3-7-11-16)12-17(19)18-20-13-15-8-4-2-5-9-15/h2-11,14H,12-13H2,1H3,(H,18,19). The van der Waals surface area contributed by atoms with Gasteiger partial charge in [0.05, 0.1) is 6.61 Å². The maximum atomic E-state index is 11.8. The SMILES string of the molecule is CC(CC(=O)NOCc1ccccc1)c1ccccc1. The lowest BCUT2D eigenvalue weighted by molar-refractivity contribution is -0.134. The van der Waals surface area contributed by atoms with Crippen molar-refractivity contribution in [3.63, 3.8) is 0 Å². The lowest BCUT2D eigenvalue weighted by atomic mass is 9.98. The van der Waals surface area contributed by atoms with Crippen molar-refractivity contribution in [3.05, 3.63) is 71.8 Å². The van der Waals surface area contributed by atoms with E-state index in [1.54, 1.807) is 0 Å². The highest BCUT2D eigenvalue weighted by Crippen LogP contribution is 2.17. The Balaban J connectivity index is 1.73. The van der Waals surface area contributed by atoms with Gasteiger partial charge in [0.25, 0.3) is 0 Å². The van der Waals surface area contributed by atoms with Crippen LogP contribution in [0.4, 0.5) is 0 Å². The first-order valence-electron chi connectivity index (χ1n) is 6.75. The first-order valence-corrected chi connectivity index (χ1v) is 6.75. The van der Waals surface area contributed by atoms with E-state index in [4.69, 9.17) is 4.84 Å². The lowest BCUT2D eigenvalue weighted by Crippen LogP contribution is -2.24. The summed E-state index contributed by atoms with van der Waals surface area (Å²) in [7, 11) is 0. The van der Waals surface area contributed by atoms with Crippen LogP contribution in [0.1, 0.15) is 30.4 Å². The molecule has 0 fully saturated rings. The topological polar surface area (TPSA) is 38.3 Å². The fraction of sp³-hybridized carbons (Fsp3) is 0.235. The molecule has 0 heterocycles. The lowest BCUT2D eigenvalue weighted by Gasteiger charge is -2.12. The number of hydrogen-bond donors (Lipinski definition) is 1. The van der Waals surface area contributed by atoms with Crippen molar-refractivity contribution in [1.82, 2.24) is 5.48 Å². The first kappa shape index (κ1) is 14.3. The van der Waals surface area contributed by atoms with E-state index in [1.165, 1.54) is 0 Å². The number of nitrogens with one attached hydrogen (secondary N) is 1. The average Bonchev–Trinajstić information content (AvgIpc) is 2.49. The second-order valence-electron chi connectivity index (χ2n) is 4.82. The molecule has 1 N–H and O–H groups in total. The van der Waals surface area contributed by atoms with Gasteiger partial charge in [-0.1, -0.05) is 67.6 Å². The maximum Gasteiger partial charge on any atom is 0.244 e. The molecule has 2 aromatic carbocycles. The molecule has 0 aliphatic carbocycles. The number of carbonyl (C=O) groups is 1. The third-order valence-corrected chi connectivity index (χ3v) is 3.13. The Bertz CT molecular complexity index is 525. The molecule has 0 aliphatic rings. The highest BCUT2D eigenvalue weighted by Gasteiger charge is 2.10. The van der Waals surface area contributed by atoms with Gasteiger partial charge in [-0.25, -0.2) is 5.48 Å². The molecule has 2 rings (SSSR count). The summed E-state index contributed by atoms with van der Waals surface area (Å²) in [4.78, 5) is 17.0. The van der Waals surface area contributed by atoms with Crippen LogP contribution in [-0.4, -0.2) is 5.91 Å². The van der Waals surface area contributed by atoms with Crippen molar-refractivity contribution < 1.29 is 9.63 Å². The zero-order chi connectivity index (χ0) is 14.2. The Morgan fingerprint density at radius 2 is 1.65 bits per heavy atom. The van der Waals surface area contributed by atoms with Gasteiger partial charge in [0.1, 0.15) is 0 Å². The highest BCUT2D eigenvalue weighted by molar-refractivity contribution is 5.75. The molecule has 0 radical (unpaired) electrons. The molecule has 0 aromatic heterocycles. The third kappa shape index (κ3) is 4.52. The zero-order valence-electron chi connectivity index (χ0n) is 11.6. The molecule has 0 saturated heterocycles. The van der Waals surface area contributed by atoms with Gasteiger partial charge in [-0.3, -0.25) is 9.63 Å². The van der Waals surface area contributed by atoms with E-state index in [1.807, 2.05) is 67.6 Å². The number of benzene rings is 2. The fourth-order valence-corrected chi connectivity index (χ4v) is 1.99. The summed E-state index contributed by atoms with van der Waals surface area (Å²) in [6.45, 7) is 2.42. The Morgan fingerprint density at radius 3 is 2.30 bits per heavy atom. The number of amides is 1. The Morgan fingerprint density at radius 1 is 1.05 bits per heavy atom. The minimum absolute atomic E-state index is 0.0997. The normalized spacial score (nSPS) is 11.8. The van der Waals surface area contributed by atoms with Crippen LogP contribution in [-0.2, 0) is 16.2 Å². The summed E-state index contributed by atoms with van der Waals surface area (Å²) in [5, 5.41) is 0. The summed E-state index contributed by atoms with van der Waals surface area (Å²) in [5.41, 5.74) is 4.68. The molecule has 0 aliphatic heterocycles. The molecule has 2 aromatic rings. The second-order valence-corrected chi connectivity index (χ2v) is 4.82. The van der Waals surface area contributed by atoms with Gasteiger partial charge in [0, 0.05) is 6.42 Å². The number of rotatable bonds is 6. The minimum atomic E-state index is -0.0997. The van der Waals surface area contributed by atoms with E-state index in [2.05, 4.69) is 5.48 Å². The van der Waals surface area contributed by atoms with Gasteiger partial charge < -0.3 is 0 Å². The van der Waals surface area contributed by atoms with E-state index in [0.717, 1.165) is 11.1 Å². The van der Waals surface area contributed by atoms with Gasteiger partial charge in [0.15, 0.2) is 0 Å². The number of carbonyl (C=O) groups excluding carboxylic acids is 1. The van der Waals surface area contributed by atoms with Crippen molar-refractivity contribution in [2.24, 2.45) is 0 Å². The summed E-state index contributed by atoms with van der Waals surface area (Å²) in [6.07, 6.45) is 0.415. The van der Waals surface area contributed by atoms with Crippen molar-refractivity contribution >= 4 is 5.91 Å². The third-order valence-electron chi connectivity index (χ3n) is 3.13. The quantitative estimate of drug-likeness (QED) is 0.816. The van der Waals surface area contributed by atoms with Gasteiger partial charge >= 0.3 is 0 Å². The van der Waals surface area contributed by atoms with Crippen molar-refractivity contribution in [2.75, 3.05) is 0 Å². The molecule has 104 valence electrons. The second kappa shape index (κ2) is 7.46. The molecule has 1 unspecified atom stereocenters. The molecular formula is C17H19NO2. The summed E-state index contributed by atoms with van der Waals surface area (Å²) < 4.78 is 0. The van der Waals surface area contributed by atoms with Crippen LogP contribution in [0.15, 0.2) is 60.7 Å². The van der Waals surface area contributed by atoms with Gasteiger partial charge in [-0.15, -0.1) is 0 Å². The van der Waals surface area contributed by atoms with Gasteiger partial charge in [-0.05, 0) is 17.0 Å². The molecule has 0 spiro atoms. The van der Waals surface area contributed by atoms with Crippen LogP contribution in [0.2, 0.25) is 0 Å². The van der Waals surface area contributed by atoms with Crippen molar-refractivity contribution in [1.29, 1.82) is 0 Å². The Hall–Kier alpha value is -2.13. The summed E-state index contributed by atoms with van der Waals surface area (Å²) in [6, 6.07) is 19.7. The van der Waals surface area contributed by atoms with E-state index in [0.29, 0.717) is 13.0 Å². The van der Waals surface area contributed by atoms with E-state index in [9.17, 15) is 4.79 Å². The van der Waals surface area contributed by atoms with Crippen LogP contribution >= 0.6 is 0 Å². The van der Waals surface area contributed by atoms with E-state index < -0.39 is 0 Å². The van der Waals surface area contributed by atoms with Crippen LogP contribution in [0.25, 0.3) is 0 Å². The van der Waals surface area contributed by atoms with E-state index in [-0.39, 0.29) is 11.8 Å². The first-order chi connectivity index (χ1) is 9.75. The zero-order valence-corrected chi connectivity index (χ0v) is 11.6. The molecule has 3 heteroatoms. The van der Waals surface area contributed by atoms with Crippen LogP contribution < -0.4 is 5.48 Å². The molecule has 0 bridgehead atoms. The highest BCUT2D eigenvalue weighted by atomic mass is 16.6. The molecule has 3 nitrogen and oxygen atoms in total. The van der Waals surface area contributed by atoms with Gasteiger partial charge in [0.2, 0.25) is 5.91 Å². The maximum absolute atomic E-state index is 11.8. The predicted octanol–water partition coefficient (Wildman–Crippen LogP) is 3.43. The van der Waals surface area contributed by atoms with Crippen LogP contribution in [0.3, 0.4) is 0 Å². The minimum Gasteiger partial charge on any atom is -0.273 e. The summed E-state index contributed by atoms with van der Waals surface area (Å²) >= 11 is 0. The summed E-state index contributed by atoms with van der Waals surface area (Å²) in [5.74, 6) is 0.0776. The van der Waals surface area contributed by atoms with Crippen LogP contribution in [0.5, 0.6) is 0 Å². The number of hydrogen-bond acceptors (Lipinski definition) is 2. The fourth-order valence-electron chi connectivity index (χ4n) is 1.99. The Labute approximate surface area is 119 Å². The smallest absolute Gasteiger partial charge is 0.244 e. The average molecular weight is 269 g/mol. The predicted molar refractivity (Wildman–Crippen MR) is 78.8 cm³/mol. The molecule has 20 heavy (non-hydrogen) atoms. The van der Waals surface area contributed by atoms with Gasteiger partial charge in [-0.2, -0.15) is 0 Å². The molecule has 1 amide bonds. The molecule has 1 atom stereocenters. The molecular weight excluding hydrogens is 250 g/mol. The van der Waals surface area contributed by atoms with E-state index >= 15 is 0 Å². The Kier molecular flexibility index (Phi) is 5.33.